The van der Waals surface area contributed by atoms with Crippen LogP contribution in [0.5, 0.6) is 5.75 Å². The highest BCUT2D eigenvalue weighted by Gasteiger charge is 2.20. The molecule has 0 aliphatic rings. The van der Waals surface area contributed by atoms with Crippen LogP contribution in [0.15, 0.2) is 36.4 Å². The van der Waals surface area contributed by atoms with Gasteiger partial charge in [-0.15, -0.1) is 0 Å². The van der Waals surface area contributed by atoms with Gasteiger partial charge in [-0.2, -0.15) is 0 Å². The van der Waals surface area contributed by atoms with Crippen LogP contribution >= 0.6 is 0 Å². The molecule has 160 valence electrons. The molecule has 0 fully saturated rings. The third-order valence-electron chi connectivity index (χ3n) is 4.34. The van der Waals surface area contributed by atoms with E-state index in [9.17, 15) is 14.4 Å². The number of anilines is 1. The highest BCUT2D eigenvalue weighted by molar-refractivity contribution is 5.97. The van der Waals surface area contributed by atoms with E-state index in [0.717, 1.165) is 16.8 Å². The molecule has 30 heavy (non-hydrogen) atoms. The van der Waals surface area contributed by atoms with Crippen molar-refractivity contribution >= 4 is 23.5 Å². The van der Waals surface area contributed by atoms with Gasteiger partial charge in [0.25, 0.3) is 5.91 Å². The van der Waals surface area contributed by atoms with E-state index in [-0.39, 0.29) is 36.0 Å². The number of aryl methyl sites for hydroxylation is 2. The first kappa shape index (κ1) is 22.9. The summed E-state index contributed by atoms with van der Waals surface area (Å²) in [5, 5.41) is 2.87. The summed E-state index contributed by atoms with van der Waals surface area (Å²) in [6.45, 7) is 9.14. The highest BCUT2D eigenvalue weighted by Crippen LogP contribution is 2.23. The Balaban J connectivity index is 2.25. The van der Waals surface area contributed by atoms with Crippen molar-refractivity contribution < 1.29 is 28.6 Å². The van der Waals surface area contributed by atoms with Crippen molar-refractivity contribution in [2.75, 3.05) is 18.5 Å². The first-order chi connectivity index (χ1) is 14.3. The SMILES string of the molecule is CCOC(=O)c1cc(O[C@H](C)C(=O)Nc2c(C)cccc2C)cc(C(=O)OCC)c1. The molecule has 0 heterocycles. The monoisotopic (exact) mass is 413 g/mol. The fourth-order valence-electron chi connectivity index (χ4n) is 2.83. The quantitative estimate of drug-likeness (QED) is 0.656. The van der Waals surface area contributed by atoms with Gasteiger partial charge < -0.3 is 19.5 Å². The van der Waals surface area contributed by atoms with E-state index in [0.29, 0.717) is 0 Å². The lowest BCUT2D eigenvalue weighted by molar-refractivity contribution is -0.122. The summed E-state index contributed by atoms with van der Waals surface area (Å²) in [4.78, 5) is 37.0. The Morgan fingerprint density at radius 3 is 1.87 bits per heavy atom. The van der Waals surface area contributed by atoms with Crippen molar-refractivity contribution in [1.82, 2.24) is 0 Å². The Morgan fingerprint density at radius 1 is 0.900 bits per heavy atom. The molecule has 0 saturated heterocycles. The minimum atomic E-state index is -0.878. The van der Waals surface area contributed by atoms with Crippen LogP contribution in [0.3, 0.4) is 0 Å². The molecule has 0 aromatic heterocycles. The van der Waals surface area contributed by atoms with Gasteiger partial charge in [0.05, 0.1) is 24.3 Å². The zero-order valence-corrected chi connectivity index (χ0v) is 17.9. The Labute approximate surface area is 176 Å². The van der Waals surface area contributed by atoms with Gasteiger partial charge in [0.1, 0.15) is 5.75 Å². The number of amides is 1. The van der Waals surface area contributed by atoms with E-state index >= 15 is 0 Å². The average molecular weight is 413 g/mol. The van der Waals surface area contributed by atoms with Gasteiger partial charge in [0, 0.05) is 5.69 Å². The second kappa shape index (κ2) is 10.4. The first-order valence-corrected chi connectivity index (χ1v) is 9.79. The minimum absolute atomic E-state index is 0.139. The number of carbonyl (C=O) groups excluding carboxylic acids is 3. The third-order valence-corrected chi connectivity index (χ3v) is 4.34. The maximum Gasteiger partial charge on any atom is 0.338 e. The maximum atomic E-state index is 12.6. The molecule has 7 heteroatoms. The number of rotatable bonds is 8. The molecule has 0 radical (unpaired) electrons. The van der Waals surface area contributed by atoms with Crippen molar-refractivity contribution in [3.8, 4) is 5.75 Å². The molecule has 1 amide bonds. The Kier molecular flexibility index (Phi) is 7.98. The van der Waals surface area contributed by atoms with Crippen molar-refractivity contribution in [2.45, 2.75) is 40.7 Å². The normalized spacial score (nSPS) is 11.4. The highest BCUT2D eigenvalue weighted by atomic mass is 16.5. The lowest BCUT2D eigenvalue weighted by Crippen LogP contribution is -2.30. The van der Waals surface area contributed by atoms with E-state index in [1.54, 1.807) is 20.8 Å². The Hall–Kier alpha value is -3.35. The van der Waals surface area contributed by atoms with E-state index in [1.807, 2.05) is 32.0 Å². The zero-order valence-electron chi connectivity index (χ0n) is 17.9. The topological polar surface area (TPSA) is 90.9 Å². The molecule has 7 nitrogen and oxygen atoms in total. The van der Waals surface area contributed by atoms with Crippen LogP contribution in [-0.4, -0.2) is 37.2 Å². The number of para-hydroxylation sites is 1. The summed E-state index contributed by atoms with van der Waals surface area (Å²) in [6.07, 6.45) is -0.878. The predicted octanol–water partition coefficient (Wildman–Crippen LogP) is 4.06. The lowest BCUT2D eigenvalue weighted by Gasteiger charge is -2.18. The molecule has 0 saturated carbocycles. The van der Waals surface area contributed by atoms with Gasteiger partial charge in [-0.25, -0.2) is 9.59 Å². The summed E-state index contributed by atoms with van der Waals surface area (Å²) >= 11 is 0. The van der Waals surface area contributed by atoms with Gasteiger partial charge in [-0.3, -0.25) is 4.79 Å². The van der Waals surface area contributed by atoms with Crippen molar-refractivity contribution in [2.24, 2.45) is 0 Å². The largest absolute Gasteiger partial charge is 0.481 e. The second-order valence-corrected chi connectivity index (χ2v) is 6.70. The Bertz CT molecular complexity index is 881. The predicted molar refractivity (Wildman–Crippen MR) is 113 cm³/mol. The molecule has 0 aliphatic heterocycles. The molecule has 0 unspecified atom stereocenters. The van der Waals surface area contributed by atoms with Crippen molar-refractivity contribution in [3.63, 3.8) is 0 Å². The number of carbonyl (C=O) groups is 3. The molecule has 2 aromatic rings. The zero-order chi connectivity index (χ0) is 22.3. The molecule has 0 aliphatic carbocycles. The van der Waals surface area contributed by atoms with Crippen molar-refractivity contribution in [1.29, 1.82) is 0 Å². The van der Waals surface area contributed by atoms with Gasteiger partial charge in [-0.1, -0.05) is 18.2 Å². The van der Waals surface area contributed by atoms with Crippen LogP contribution < -0.4 is 10.1 Å². The van der Waals surface area contributed by atoms with E-state index in [4.69, 9.17) is 14.2 Å². The van der Waals surface area contributed by atoms with Crippen LogP contribution in [0.4, 0.5) is 5.69 Å². The maximum absolute atomic E-state index is 12.6. The van der Waals surface area contributed by atoms with Crippen LogP contribution in [0.25, 0.3) is 0 Å². The fraction of sp³-hybridized carbons (Fsp3) is 0.348. The molecule has 2 aromatic carbocycles. The van der Waals surface area contributed by atoms with Crippen LogP contribution in [0, 0.1) is 13.8 Å². The molecule has 0 spiro atoms. The number of hydrogen-bond donors (Lipinski definition) is 1. The first-order valence-electron chi connectivity index (χ1n) is 9.79. The van der Waals surface area contributed by atoms with Crippen LogP contribution in [0.2, 0.25) is 0 Å². The van der Waals surface area contributed by atoms with Crippen LogP contribution in [0.1, 0.15) is 52.6 Å². The molecule has 2 rings (SSSR count). The summed E-state index contributed by atoms with van der Waals surface area (Å²) in [7, 11) is 0. The number of ether oxygens (including phenoxy) is 3. The third kappa shape index (κ3) is 5.83. The van der Waals surface area contributed by atoms with Gasteiger partial charge in [0.15, 0.2) is 6.10 Å². The molecular weight excluding hydrogens is 386 g/mol. The molecule has 1 N–H and O–H groups in total. The second-order valence-electron chi connectivity index (χ2n) is 6.70. The minimum Gasteiger partial charge on any atom is -0.481 e. The van der Waals surface area contributed by atoms with Gasteiger partial charge in [-0.05, 0) is 63.9 Å². The summed E-state index contributed by atoms with van der Waals surface area (Å²) in [5.41, 5.74) is 2.87. The number of hydrogen-bond acceptors (Lipinski definition) is 6. The smallest absolute Gasteiger partial charge is 0.338 e. The van der Waals surface area contributed by atoms with E-state index < -0.39 is 18.0 Å². The summed E-state index contributed by atoms with van der Waals surface area (Å²) < 4.78 is 15.8. The summed E-state index contributed by atoms with van der Waals surface area (Å²) in [5.74, 6) is -1.36. The van der Waals surface area contributed by atoms with Crippen molar-refractivity contribution in [3.05, 3.63) is 58.7 Å². The average Bonchev–Trinajstić information content (AvgIpc) is 2.70. The van der Waals surface area contributed by atoms with Crippen LogP contribution in [-0.2, 0) is 14.3 Å². The standard InChI is InChI=1S/C23H27NO6/c1-6-28-22(26)17-11-18(23(27)29-7-2)13-19(12-17)30-16(5)21(25)24-20-14(3)9-8-10-15(20)4/h8-13,16H,6-7H2,1-5H3,(H,24,25)/t16-/m1/s1. The van der Waals surface area contributed by atoms with Gasteiger partial charge in [0.2, 0.25) is 0 Å². The van der Waals surface area contributed by atoms with E-state index in [1.165, 1.54) is 18.2 Å². The number of nitrogens with one attached hydrogen (secondary N) is 1. The Morgan fingerprint density at radius 2 is 1.40 bits per heavy atom. The number of benzene rings is 2. The van der Waals surface area contributed by atoms with Gasteiger partial charge >= 0.3 is 11.9 Å². The molecule has 0 bridgehead atoms. The lowest BCUT2D eigenvalue weighted by atomic mass is 10.1. The van der Waals surface area contributed by atoms with E-state index in [2.05, 4.69) is 5.32 Å². The molecular formula is C23H27NO6. The summed E-state index contributed by atoms with van der Waals surface area (Å²) in [6, 6.07) is 9.97. The number of esters is 2. The fourth-order valence-corrected chi connectivity index (χ4v) is 2.83. The molecule has 1 atom stereocenters.